The summed E-state index contributed by atoms with van der Waals surface area (Å²) in [6.07, 6.45) is 0. The molecule has 0 saturated carbocycles. The van der Waals surface area contributed by atoms with Gasteiger partial charge in [0.1, 0.15) is 0 Å². The van der Waals surface area contributed by atoms with Crippen LogP contribution in [0.3, 0.4) is 0 Å². The van der Waals surface area contributed by atoms with Gasteiger partial charge >= 0.3 is 0 Å². The van der Waals surface area contributed by atoms with Crippen molar-refractivity contribution in [3.63, 3.8) is 0 Å². The van der Waals surface area contributed by atoms with Crippen LogP contribution in [-0.2, 0) is 0 Å². The van der Waals surface area contributed by atoms with Gasteiger partial charge < -0.3 is 5.73 Å². The molecule has 0 saturated heterocycles. The van der Waals surface area contributed by atoms with Gasteiger partial charge in [-0.2, -0.15) is 0 Å². The number of hydrazine groups is 1. The fourth-order valence-electron chi connectivity index (χ4n) is 0.818. The van der Waals surface area contributed by atoms with E-state index >= 15 is 0 Å². The van der Waals surface area contributed by atoms with Crippen molar-refractivity contribution in [2.75, 3.05) is 5.73 Å². The number of hydrogen-bond donors (Lipinski definition) is 3. The van der Waals surface area contributed by atoms with Gasteiger partial charge in [0.25, 0.3) is 5.91 Å². The van der Waals surface area contributed by atoms with Crippen LogP contribution in [0.1, 0.15) is 24.2 Å². The second kappa shape index (κ2) is 6.23. The number of rotatable bonds is 1. The molecule has 1 aromatic carbocycles. The Morgan fingerprint density at radius 2 is 2.00 bits per heavy atom. The van der Waals surface area contributed by atoms with Crippen LogP contribution in [0.4, 0.5) is 5.69 Å². The third-order valence-electron chi connectivity index (χ3n) is 1.39. The summed E-state index contributed by atoms with van der Waals surface area (Å²) < 4.78 is 0. The number of amides is 1. The fraction of sp³-hybridized carbons (Fsp3) is 0.222. The molecule has 1 rings (SSSR count). The lowest BCUT2D eigenvalue weighted by molar-refractivity contribution is 0.0954. The topological polar surface area (TPSA) is 81.1 Å². The number of halogens is 1. The predicted octanol–water partition coefficient (Wildman–Crippen LogP) is 1.55. The molecule has 1 aromatic rings. The molecule has 0 unspecified atom stereocenters. The van der Waals surface area contributed by atoms with Crippen LogP contribution >= 0.6 is 11.6 Å². The summed E-state index contributed by atoms with van der Waals surface area (Å²) in [4.78, 5) is 11.0. The highest BCUT2D eigenvalue weighted by Crippen LogP contribution is 2.17. The third-order valence-corrected chi connectivity index (χ3v) is 1.62. The van der Waals surface area contributed by atoms with Crippen LogP contribution in [0.15, 0.2) is 18.2 Å². The molecular weight excluding hydrogens is 202 g/mol. The normalized spacial score (nSPS) is 8.57. The Hall–Kier alpha value is -1.26. The zero-order valence-corrected chi connectivity index (χ0v) is 8.93. The first kappa shape index (κ1) is 12.7. The number of anilines is 1. The molecule has 0 aromatic heterocycles. The number of nitrogens with one attached hydrogen (secondary N) is 1. The van der Waals surface area contributed by atoms with E-state index in [1.165, 1.54) is 12.1 Å². The molecule has 0 bridgehead atoms. The molecule has 0 spiro atoms. The van der Waals surface area contributed by atoms with Gasteiger partial charge in [-0.05, 0) is 18.2 Å². The minimum atomic E-state index is -0.427. The lowest BCUT2D eigenvalue weighted by Gasteiger charge is -2.03. The Labute approximate surface area is 88.2 Å². The Balaban J connectivity index is 0.000000791. The van der Waals surface area contributed by atoms with E-state index in [2.05, 4.69) is 0 Å². The van der Waals surface area contributed by atoms with Gasteiger partial charge in [0.05, 0.1) is 5.56 Å². The molecule has 5 heteroatoms. The van der Waals surface area contributed by atoms with Crippen molar-refractivity contribution in [3.05, 3.63) is 28.8 Å². The van der Waals surface area contributed by atoms with Crippen molar-refractivity contribution >= 4 is 23.2 Å². The van der Waals surface area contributed by atoms with E-state index in [0.717, 1.165) is 0 Å². The van der Waals surface area contributed by atoms with Crippen LogP contribution < -0.4 is 17.0 Å². The van der Waals surface area contributed by atoms with Crippen molar-refractivity contribution < 1.29 is 4.79 Å². The summed E-state index contributed by atoms with van der Waals surface area (Å²) in [5, 5.41) is 0.487. The molecule has 0 atom stereocenters. The number of hydrogen-bond acceptors (Lipinski definition) is 3. The number of nitrogen functional groups attached to an aromatic ring is 2. The van der Waals surface area contributed by atoms with Crippen molar-refractivity contribution in [2.45, 2.75) is 13.8 Å². The monoisotopic (exact) mass is 215 g/mol. The average Bonchev–Trinajstić information content (AvgIpc) is 2.20. The van der Waals surface area contributed by atoms with Crippen molar-refractivity contribution in [1.29, 1.82) is 0 Å². The first-order valence-corrected chi connectivity index (χ1v) is 4.59. The Morgan fingerprint density at radius 1 is 1.43 bits per heavy atom. The SMILES string of the molecule is CC.NNC(=O)c1ccc(Cl)cc1N. The maximum atomic E-state index is 11.0. The number of carbonyl (C=O) groups is 1. The molecule has 14 heavy (non-hydrogen) atoms. The molecule has 0 heterocycles. The van der Waals surface area contributed by atoms with Crippen molar-refractivity contribution in [3.8, 4) is 0 Å². The Bertz CT molecular complexity index is 315. The lowest BCUT2D eigenvalue weighted by atomic mass is 10.2. The molecule has 0 aliphatic carbocycles. The molecule has 78 valence electrons. The Morgan fingerprint density at radius 3 is 2.43 bits per heavy atom. The van der Waals surface area contributed by atoms with Gasteiger partial charge in [0.15, 0.2) is 0 Å². The number of carbonyl (C=O) groups excluding carboxylic acids is 1. The Kier molecular flexibility index (Phi) is 5.67. The van der Waals surface area contributed by atoms with Crippen LogP contribution in [-0.4, -0.2) is 5.91 Å². The van der Waals surface area contributed by atoms with E-state index in [1.807, 2.05) is 19.3 Å². The molecule has 5 N–H and O–H groups in total. The van der Waals surface area contributed by atoms with E-state index in [0.29, 0.717) is 16.3 Å². The van der Waals surface area contributed by atoms with Crippen LogP contribution in [0, 0.1) is 0 Å². The van der Waals surface area contributed by atoms with Gasteiger partial charge in [-0.1, -0.05) is 25.4 Å². The first-order chi connectivity index (χ1) is 6.65. The highest BCUT2D eigenvalue weighted by atomic mass is 35.5. The van der Waals surface area contributed by atoms with E-state index in [1.54, 1.807) is 6.07 Å². The number of benzene rings is 1. The van der Waals surface area contributed by atoms with Crippen molar-refractivity contribution in [1.82, 2.24) is 5.43 Å². The van der Waals surface area contributed by atoms with Crippen LogP contribution in [0.2, 0.25) is 5.02 Å². The van der Waals surface area contributed by atoms with Gasteiger partial charge in [0, 0.05) is 10.7 Å². The highest BCUT2D eigenvalue weighted by Gasteiger charge is 2.07. The lowest BCUT2D eigenvalue weighted by Crippen LogP contribution is -2.30. The molecule has 0 aliphatic heterocycles. The van der Waals surface area contributed by atoms with E-state index in [-0.39, 0.29) is 0 Å². The minimum absolute atomic E-state index is 0.311. The maximum Gasteiger partial charge on any atom is 0.267 e. The van der Waals surface area contributed by atoms with Gasteiger partial charge in [-0.15, -0.1) is 0 Å². The second-order valence-electron chi connectivity index (χ2n) is 2.21. The zero-order valence-electron chi connectivity index (χ0n) is 8.17. The third kappa shape index (κ3) is 3.24. The zero-order chi connectivity index (χ0) is 11.1. The summed E-state index contributed by atoms with van der Waals surface area (Å²) in [7, 11) is 0. The molecule has 4 nitrogen and oxygen atoms in total. The average molecular weight is 216 g/mol. The van der Waals surface area contributed by atoms with E-state index in [4.69, 9.17) is 23.2 Å². The van der Waals surface area contributed by atoms with E-state index in [9.17, 15) is 4.79 Å². The molecule has 1 amide bonds. The smallest absolute Gasteiger partial charge is 0.267 e. The molecule has 0 fully saturated rings. The van der Waals surface area contributed by atoms with Gasteiger partial charge in [-0.25, -0.2) is 5.84 Å². The second-order valence-corrected chi connectivity index (χ2v) is 2.64. The quantitative estimate of drug-likeness (QED) is 0.288. The largest absolute Gasteiger partial charge is 0.398 e. The van der Waals surface area contributed by atoms with Crippen molar-refractivity contribution in [2.24, 2.45) is 5.84 Å². The molecule has 0 aliphatic rings. The fourth-order valence-corrected chi connectivity index (χ4v) is 0.999. The highest BCUT2D eigenvalue weighted by molar-refractivity contribution is 6.31. The predicted molar refractivity (Wildman–Crippen MR) is 58.9 cm³/mol. The standard InChI is InChI=1S/C7H8ClN3O.C2H6/c8-4-1-2-5(6(9)3-4)7(12)11-10;1-2/h1-3H,9-10H2,(H,11,12);1-2H3. The van der Waals surface area contributed by atoms with E-state index < -0.39 is 5.91 Å². The van der Waals surface area contributed by atoms with Crippen LogP contribution in [0.25, 0.3) is 0 Å². The van der Waals surface area contributed by atoms with Gasteiger partial charge in [0.2, 0.25) is 0 Å². The summed E-state index contributed by atoms with van der Waals surface area (Å²) in [6.45, 7) is 4.00. The summed E-state index contributed by atoms with van der Waals surface area (Å²) in [6, 6.07) is 4.58. The number of nitrogens with two attached hydrogens (primary N) is 2. The summed E-state index contributed by atoms with van der Waals surface area (Å²) in [5.74, 6) is 4.50. The molecule has 0 radical (unpaired) electrons. The first-order valence-electron chi connectivity index (χ1n) is 4.21. The van der Waals surface area contributed by atoms with Gasteiger partial charge in [-0.3, -0.25) is 10.2 Å². The van der Waals surface area contributed by atoms with Crippen LogP contribution in [0.5, 0.6) is 0 Å². The summed E-state index contributed by atoms with van der Waals surface area (Å²) >= 11 is 5.62. The molecular formula is C9H14ClN3O. The summed E-state index contributed by atoms with van der Waals surface area (Å²) in [5.41, 5.74) is 8.11. The maximum absolute atomic E-state index is 11.0. The minimum Gasteiger partial charge on any atom is -0.398 e.